The van der Waals surface area contributed by atoms with E-state index in [2.05, 4.69) is 9.97 Å². The van der Waals surface area contributed by atoms with Crippen LogP contribution in [0.15, 0.2) is 47.5 Å². The third kappa shape index (κ3) is 3.03. The molecule has 6 nitrogen and oxygen atoms in total. The van der Waals surface area contributed by atoms with Crippen molar-refractivity contribution in [2.75, 3.05) is 6.54 Å². The number of piperidine rings is 1. The largest absolute Gasteiger partial charge is 0.334 e. The Morgan fingerprint density at radius 1 is 1.31 bits per heavy atom. The lowest BCUT2D eigenvalue weighted by molar-refractivity contribution is -0.134. The van der Waals surface area contributed by atoms with E-state index in [0.29, 0.717) is 12.2 Å². The molecular formula is C20H22N4O2. The minimum atomic E-state index is -0.122. The highest BCUT2D eigenvalue weighted by molar-refractivity contribution is 5.79. The van der Waals surface area contributed by atoms with Crippen LogP contribution in [-0.4, -0.2) is 31.7 Å². The van der Waals surface area contributed by atoms with Crippen molar-refractivity contribution >= 4 is 11.7 Å². The second kappa shape index (κ2) is 6.78. The number of carbonyl (C=O) groups is 1. The number of imidazole rings is 1. The number of hydrogen-bond acceptors (Lipinski definition) is 3. The number of benzene rings is 1. The fourth-order valence-corrected chi connectivity index (χ4v) is 3.75. The molecule has 1 aromatic carbocycles. The van der Waals surface area contributed by atoms with Crippen molar-refractivity contribution in [1.29, 1.82) is 0 Å². The zero-order valence-electron chi connectivity index (χ0n) is 14.8. The number of rotatable bonds is 3. The van der Waals surface area contributed by atoms with Gasteiger partial charge in [-0.2, -0.15) is 0 Å². The van der Waals surface area contributed by atoms with Gasteiger partial charge in [-0.05, 0) is 37.3 Å². The van der Waals surface area contributed by atoms with Crippen molar-refractivity contribution in [3.8, 4) is 0 Å². The molecule has 0 aliphatic carbocycles. The molecule has 0 unspecified atom stereocenters. The average molecular weight is 350 g/mol. The lowest BCUT2D eigenvalue weighted by Gasteiger charge is -2.36. The van der Waals surface area contributed by atoms with Crippen molar-refractivity contribution in [2.24, 2.45) is 0 Å². The third-order valence-electron chi connectivity index (χ3n) is 5.20. The van der Waals surface area contributed by atoms with Gasteiger partial charge in [-0.25, -0.2) is 4.98 Å². The van der Waals surface area contributed by atoms with Crippen LogP contribution in [0.3, 0.4) is 0 Å². The van der Waals surface area contributed by atoms with Gasteiger partial charge in [-0.3, -0.25) is 14.0 Å². The summed E-state index contributed by atoms with van der Waals surface area (Å²) >= 11 is 0. The van der Waals surface area contributed by atoms with Gasteiger partial charge in [0, 0.05) is 30.7 Å². The monoisotopic (exact) mass is 350 g/mol. The predicted octanol–water partition coefficient (Wildman–Crippen LogP) is 2.63. The molecule has 3 heterocycles. The highest BCUT2D eigenvalue weighted by Gasteiger charge is 2.29. The second-order valence-corrected chi connectivity index (χ2v) is 6.89. The van der Waals surface area contributed by atoms with E-state index in [1.54, 1.807) is 18.5 Å². The molecule has 0 bridgehead atoms. The molecule has 0 radical (unpaired) electrons. The highest BCUT2D eigenvalue weighted by Crippen LogP contribution is 2.30. The molecule has 3 aromatic rings. The van der Waals surface area contributed by atoms with Crippen LogP contribution in [0.5, 0.6) is 0 Å². The minimum Gasteiger partial charge on any atom is -0.334 e. The van der Waals surface area contributed by atoms with E-state index in [1.807, 2.05) is 36.1 Å². The number of fused-ring (bicyclic) bond motifs is 1. The molecular weight excluding hydrogens is 328 g/mol. The number of carbonyl (C=O) groups excluding carboxylic acids is 1. The number of aryl methyl sites for hydroxylation is 1. The van der Waals surface area contributed by atoms with Gasteiger partial charge < -0.3 is 9.88 Å². The van der Waals surface area contributed by atoms with E-state index in [1.165, 1.54) is 4.40 Å². The van der Waals surface area contributed by atoms with E-state index in [-0.39, 0.29) is 17.5 Å². The maximum atomic E-state index is 13.0. The first-order valence-electron chi connectivity index (χ1n) is 9.04. The fraction of sp³-hybridized carbons (Fsp3) is 0.350. The summed E-state index contributed by atoms with van der Waals surface area (Å²) in [5, 5.41) is 0. The Morgan fingerprint density at radius 2 is 2.15 bits per heavy atom. The van der Waals surface area contributed by atoms with Crippen LogP contribution in [0.1, 0.15) is 42.1 Å². The molecule has 1 aliphatic heterocycles. The molecule has 1 aliphatic rings. The van der Waals surface area contributed by atoms with Gasteiger partial charge in [0.15, 0.2) is 0 Å². The fourth-order valence-electron chi connectivity index (χ4n) is 3.75. The Hall–Kier alpha value is -2.89. The summed E-state index contributed by atoms with van der Waals surface area (Å²) in [6.07, 6.45) is 6.51. The Balaban J connectivity index is 1.64. The topological polar surface area (TPSA) is 70.5 Å². The Labute approximate surface area is 151 Å². The molecule has 4 rings (SSSR count). The van der Waals surface area contributed by atoms with Gasteiger partial charge in [0.1, 0.15) is 0 Å². The summed E-state index contributed by atoms with van der Waals surface area (Å²) in [4.78, 5) is 34.7. The van der Waals surface area contributed by atoms with Gasteiger partial charge >= 0.3 is 0 Å². The van der Waals surface area contributed by atoms with Crippen LogP contribution in [0, 0.1) is 6.92 Å². The average Bonchev–Trinajstić information content (AvgIpc) is 3.13. The number of likely N-dealkylation sites (tertiary alicyclic amines) is 1. The van der Waals surface area contributed by atoms with Crippen LogP contribution in [-0.2, 0) is 11.2 Å². The normalized spacial score (nSPS) is 17.6. The SMILES string of the molecule is Cc1ccccc1CC(=O)N1CCCC[C@H]1c1cc(=O)n2ccnc2[nH]1. The van der Waals surface area contributed by atoms with Crippen LogP contribution < -0.4 is 5.56 Å². The maximum absolute atomic E-state index is 13.0. The molecule has 2 aromatic heterocycles. The van der Waals surface area contributed by atoms with Crippen molar-refractivity contribution in [1.82, 2.24) is 19.3 Å². The number of aromatic nitrogens is 3. The van der Waals surface area contributed by atoms with Crippen LogP contribution >= 0.6 is 0 Å². The van der Waals surface area contributed by atoms with E-state index < -0.39 is 0 Å². The molecule has 134 valence electrons. The van der Waals surface area contributed by atoms with Crippen molar-refractivity contribution in [2.45, 2.75) is 38.6 Å². The second-order valence-electron chi connectivity index (χ2n) is 6.89. The van der Waals surface area contributed by atoms with Gasteiger partial charge in [-0.1, -0.05) is 24.3 Å². The summed E-state index contributed by atoms with van der Waals surface area (Å²) in [6.45, 7) is 2.75. The number of nitrogens with one attached hydrogen (secondary N) is 1. The smallest absolute Gasteiger partial charge is 0.259 e. The van der Waals surface area contributed by atoms with E-state index in [9.17, 15) is 9.59 Å². The summed E-state index contributed by atoms with van der Waals surface area (Å²) in [5.74, 6) is 0.623. The molecule has 1 amide bonds. The van der Waals surface area contributed by atoms with Gasteiger partial charge in [0.25, 0.3) is 5.56 Å². The van der Waals surface area contributed by atoms with Crippen LogP contribution in [0.25, 0.3) is 5.78 Å². The first-order valence-corrected chi connectivity index (χ1v) is 9.04. The number of H-pyrrole nitrogens is 1. The Bertz CT molecular complexity index is 1000. The quantitative estimate of drug-likeness (QED) is 0.789. The van der Waals surface area contributed by atoms with Gasteiger partial charge in [0.05, 0.1) is 12.5 Å². The molecule has 1 N–H and O–H groups in total. The first kappa shape index (κ1) is 16.6. The molecule has 1 atom stereocenters. The lowest BCUT2D eigenvalue weighted by atomic mass is 9.97. The third-order valence-corrected chi connectivity index (χ3v) is 5.20. The van der Waals surface area contributed by atoms with E-state index >= 15 is 0 Å². The first-order chi connectivity index (χ1) is 12.6. The maximum Gasteiger partial charge on any atom is 0.259 e. The van der Waals surface area contributed by atoms with Crippen molar-refractivity contribution in [3.63, 3.8) is 0 Å². The number of amides is 1. The lowest BCUT2D eigenvalue weighted by Crippen LogP contribution is -2.40. The van der Waals surface area contributed by atoms with Crippen molar-refractivity contribution in [3.05, 3.63) is 69.9 Å². The standard InChI is InChI=1S/C20H22N4O2/c1-14-6-2-3-7-15(14)12-18(25)23-10-5-4-8-17(23)16-13-19(26)24-11-9-21-20(24)22-16/h2-3,6-7,9,11,13,17H,4-5,8,10,12H2,1H3,(H,21,22)/t17-/m0/s1. The van der Waals surface area contributed by atoms with E-state index in [0.717, 1.165) is 42.6 Å². The van der Waals surface area contributed by atoms with Crippen molar-refractivity contribution < 1.29 is 4.79 Å². The molecule has 1 saturated heterocycles. The molecule has 6 heteroatoms. The predicted molar refractivity (Wildman–Crippen MR) is 99.0 cm³/mol. The molecule has 0 spiro atoms. The zero-order valence-corrected chi connectivity index (χ0v) is 14.8. The molecule has 1 fully saturated rings. The number of nitrogens with zero attached hydrogens (tertiary/aromatic N) is 3. The number of hydrogen-bond donors (Lipinski definition) is 1. The van der Waals surface area contributed by atoms with Crippen LogP contribution in [0.4, 0.5) is 0 Å². The Kier molecular flexibility index (Phi) is 4.32. The summed E-state index contributed by atoms with van der Waals surface area (Å²) in [6, 6.07) is 9.48. The zero-order chi connectivity index (χ0) is 18.1. The highest BCUT2D eigenvalue weighted by atomic mass is 16.2. The Morgan fingerprint density at radius 3 is 3.00 bits per heavy atom. The summed E-state index contributed by atoms with van der Waals surface area (Å²) in [5.41, 5.74) is 2.83. The molecule has 0 saturated carbocycles. The van der Waals surface area contributed by atoms with E-state index in [4.69, 9.17) is 0 Å². The summed E-state index contributed by atoms with van der Waals surface area (Å²) in [7, 11) is 0. The number of aromatic amines is 1. The van der Waals surface area contributed by atoms with Crippen LogP contribution in [0.2, 0.25) is 0 Å². The van der Waals surface area contributed by atoms with Gasteiger partial charge in [-0.15, -0.1) is 0 Å². The minimum absolute atomic E-state index is 0.102. The molecule has 26 heavy (non-hydrogen) atoms. The summed E-state index contributed by atoms with van der Waals surface area (Å²) < 4.78 is 1.48. The van der Waals surface area contributed by atoms with Gasteiger partial charge in [0.2, 0.25) is 11.7 Å².